The van der Waals surface area contributed by atoms with E-state index in [1.54, 1.807) is 18.2 Å². The van der Waals surface area contributed by atoms with Crippen molar-refractivity contribution in [2.45, 2.75) is 11.3 Å². The fourth-order valence-corrected chi connectivity index (χ4v) is 2.19. The van der Waals surface area contributed by atoms with Crippen molar-refractivity contribution in [1.82, 2.24) is 0 Å². The van der Waals surface area contributed by atoms with Crippen LogP contribution >= 0.6 is 56.8 Å². The molecule has 1 aromatic carbocycles. The average molecular weight is 491 g/mol. The number of hydrogen-bond acceptors (Lipinski definition) is 1. The first-order valence-corrected chi connectivity index (χ1v) is 6.63. The fraction of sp³-hybridized carbons (Fsp3) is 0.222. The molecule has 0 atom stereocenters. The lowest BCUT2D eigenvalue weighted by Crippen LogP contribution is -2.40. The van der Waals surface area contributed by atoms with Gasteiger partial charge in [-0.15, -0.1) is 0 Å². The largest absolute Gasteiger partial charge is 0.390 e. The first-order valence-electron chi connectivity index (χ1n) is 4.10. The van der Waals surface area contributed by atoms with E-state index in [0.29, 0.717) is 3.57 Å². The Labute approximate surface area is 127 Å². The molecule has 1 rings (SSSR count). The molecule has 0 spiro atoms. The van der Waals surface area contributed by atoms with Crippen molar-refractivity contribution < 1.29 is 17.6 Å². The number of aliphatic imine (C=N–C) groups is 1. The smallest absolute Gasteiger partial charge is 0.239 e. The Hall–Kier alpha value is 0.360. The van der Waals surface area contributed by atoms with Crippen LogP contribution in [0.4, 0.5) is 23.2 Å². The fourth-order valence-electron chi connectivity index (χ4n) is 0.835. The van der Waals surface area contributed by atoms with Gasteiger partial charge in [0.25, 0.3) is 0 Å². The quantitative estimate of drug-likeness (QED) is 0.238. The van der Waals surface area contributed by atoms with E-state index < -0.39 is 15.0 Å². The van der Waals surface area contributed by atoms with Crippen LogP contribution in [0.3, 0.4) is 0 Å². The van der Waals surface area contributed by atoms with Crippen LogP contribution in [0.5, 0.6) is 0 Å². The number of hydrogen-bond donors (Lipinski definition) is 0. The Bertz CT molecular complexity index is 445. The van der Waals surface area contributed by atoms with Crippen molar-refractivity contribution in [2.24, 2.45) is 4.99 Å². The van der Waals surface area contributed by atoms with E-state index in [1.807, 2.05) is 22.6 Å². The van der Waals surface area contributed by atoms with E-state index in [0.717, 1.165) is 22.6 Å². The Morgan fingerprint density at radius 3 is 2.18 bits per heavy atom. The van der Waals surface area contributed by atoms with Gasteiger partial charge >= 0.3 is 11.3 Å². The maximum absolute atomic E-state index is 13.1. The summed E-state index contributed by atoms with van der Waals surface area (Å²) in [5.74, 6) is -4.49. The number of nitrogens with zero attached hydrogens (tertiary/aromatic N) is 1. The molecule has 1 nitrogen and oxygen atoms in total. The molecule has 94 valence electrons. The lowest BCUT2D eigenvalue weighted by Gasteiger charge is -2.19. The summed E-state index contributed by atoms with van der Waals surface area (Å²) >= 11 is 7.28. The van der Waals surface area contributed by atoms with Gasteiger partial charge in [-0.05, 0) is 68.9 Å². The molecule has 0 heterocycles. The normalized spacial score (nSPS) is 13.9. The van der Waals surface area contributed by atoms with Gasteiger partial charge in [-0.2, -0.15) is 17.6 Å². The Morgan fingerprint density at radius 2 is 1.71 bits per heavy atom. The molecule has 0 aliphatic carbocycles. The Balaban J connectivity index is 3.14. The van der Waals surface area contributed by atoms with Crippen LogP contribution in [0.1, 0.15) is 0 Å². The predicted octanol–water partition coefficient (Wildman–Crippen LogP) is 5.22. The number of halogens is 7. The molecule has 0 saturated heterocycles. The molecule has 0 aliphatic rings. The topological polar surface area (TPSA) is 12.4 Å². The van der Waals surface area contributed by atoms with E-state index in [2.05, 4.69) is 16.6 Å². The third-order valence-corrected chi connectivity index (χ3v) is 3.75. The van der Waals surface area contributed by atoms with Crippen molar-refractivity contribution in [3.05, 3.63) is 27.8 Å². The second-order valence-corrected chi connectivity index (χ2v) is 5.58. The van der Waals surface area contributed by atoms with Crippen molar-refractivity contribution >= 4 is 66.2 Å². The highest BCUT2D eigenvalue weighted by Gasteiger charge is 2.58. The summed E-state index contributed by atoms with van der Waals surface area (Å²) in [4.78, 5) is 3.48. The number of alkyl halides is 5. The molecule has 17 heavy (non-hydrogen) atoms. The molecule has 0 bridgehead atoms. The van der Waals surface area contributed by atoms with Crippen LogP contribution in [0, 0.1) is 3.57 Å². The summed E-state index contributed by atoms with van der Waals surface area (Å²) in [6, 6.07) is 6.33. The minimum absolute atomic E-state index is 0.193. The zero-order chi connectivity index (χ0) is 13.3. The second-order valence-electron chi connectivity index (χ2n) is 2.93. The van der Waals surface area contributed by atoms with Crippen molar-refractivity contribution in [1.29, 1.82) is 0 Å². The summed E-state index contributed by atoms with van der Waals surface area (Å²) in [5.41, 5.74) is 0.193. The minimum Gasteiger partial charge on any atom is -0.239 e. The molecule has 1 aromatic rings. The van der Waals surface area contributed by atoms with E-state index in [9.17, 15) is 17.6 Å². The molecule has 0 fully saturated rings. The van der Waals surface area contributed by atoms with Crippen LogP contribution in [0.15, 0.2) is 29.3 Å². The van der Waals surface area contributed by atoms with E-state index >= 15 is 0 Å². The zero-order valence-electron chi connectivity index (χ0n) is 7.90. The Kier molecular flexibility index (Phi) is 5.04. The summed E-state index contributed by atoms with van der Waals surface area (Å²) in [6.45, 7) is 0. The standard InChI is InChI=1S/C9H4ClF4I2N/c10-9(13,14)8(11,12)7(16)17-6-4-2-1-3-5(6)15/h1-4H. The van der Waals surface area contributed by atoms with Crippen LogP contribution in [-0.4, -0.2) is 15.0 Å². The molecule has 0 aromatic heterocycles. The monoisotopic (exact) mass is 491 g/mol. The molecular formula is C9H4ClF4I2N. The second kappa shape index (κ2) is 5.55. The van der Waals surface area contributed by atoms with Crippen LogP contribution in [-0.2, 0) is 0 Å². The summed E-state index contributed by atoms with van der Waals surface area (Å²) in [7, 11) is 0. The van der Waals surface area contributed by atoms with Gasteiger partial charge in [0.05, 0.1) is 5.69 Å². The zero-order valence-corrected chi connectivity index (χ0v) is 13.0. The lowest BCUT2D eigenvalue weighted by atomic mass is 10.3. The molecule has 0 saturated carbocycles. The molecule has 8 heteroatoms. The van der Waals surface area contributed by atoms with Gasteiger partial charge in [-0.25, -0.2) is 4.99 Å². The molecular weight excluding hydrogens is 487 g/mol. The first kappa shape index (κ1) is 15.4. The maximum Gasteiger partial charge on any atom is 0.390 e. The van der Waals surface area contributed by atoms with Crippen LogP contribution in [0.25, 0.3) is 0 Å². The predicted molar refractivity (Wildman–Crippen MR) is 76.0 cm³/mol. The van der Waals surface area contributed by atoms with Crippen molar-refractivity contribution in [3.8, 4) is 0 Å². The van der Waals surface area contributed by atoms with Gasteiger partial charge < -0.3 is 0 Å². The van der Waals surface area contributed by atoms with E-state index in [-0.39, 0.29) is 5.69 Å². The van der Waals surface area contributed by atoms with E-state index in [1.165, 1.54) is 6.07 Å². The summed E-state index contributed by atoms with van der Waals surface area (Å²) < 4.78 is 50.7. The Morgan fingerprint density at radius 1 is 1.18 bits per heavy atom. The number of benzene rings is 1. The molecule has 0 N–H and O–H groups in total. The third-order valence-electron chi connectivity index (χ3n) is 1.69. The number of rotatable bonds is 3. The molecule has 0 amide bonds. The van der Waals surface area contributed by atoms with Crippen LogP contribution < -0.4 is 0 Å². The van der Waals surface area contributed by atoms with Gasteiger partial charge in [-0.3, -0.25) is 0 Å². The van der Waals surface area contributed by atoms with Gasteiger partial charge in [-0.1, -0.05) is 12.1 Å². The van der Waals surface area contributed by atoms with Gasteiger partial charge in [0.1, 0.15) is 0 Å². The highest BCUT2D eigenvalue weighted by atomic mass is 127. The summed E-state index contributed by atoms with van der Waals surface area (Å²) in [6.07, 6.45) is 0. The molecule has 0 radical (unpaired) electrons. The summed E-state index contributed by atoms with van der Waals surface area (Å²) in [5, 5.41) is -4.66. The SMILES string of the molecule is FC(F)(Cl)C(F)(F)C(I)=Nc1ccccc1I. The van der Waals surface area contributed by atoms with Crippen molar-refractivity contribution in [2.75, 3.05) is 0 Å². The lowest BCUT2D eigenvalue weighted by molar-refractivity contribution is -0.104. The molecule has 0 aliphatic heterocycles. The average Bonchev–Trinajstić information content (AvgIpc) is 2.19. The minimum atomic E-state index is -4.66. The van der Waals surface area contributed by atoms with E-state index in [4.69, 9.17) is 0 Å². The number of para-hydroxylation sites is 1. The van der Waals surface area contributed by atoms with Gasteiger partial charge in [0.15, 0.2) is 3.72 Å². The van der Waals surface area contributed by atoms with Gasteiger partial charge in [0, 0.05) is 3.57 Å². The third kappa shape index (κ3) is 3.66. The maximum atomic E-state index is 13.1. The highest BCUT2D eigenvalue weighted by Crippen LogP contribution is 2.41. The molecule has 0 unspecified atom stereocenters. The van der Waals surface area contributed by atoms with Crippen molar-refractivity contribution in [3.63, 3.8) is 0 Å². The first-order chi connectivity index (χ1) is 7.66. The van der Waals surface area contributed by atoms with Crippen LogP contribution in [0.2, 0.25) is 0 Å². The van der Waals surface area contributed by atoms with Gasteiger partial charge in [0.2, 0.25) is 0 Å². The highest BCUT2D eigenvalue weighted by molar-refractivity contribution is 14.1.